The molecule has 0 radical (unpaired) electrons. The van der Waals surface area contributed by atoms with Gasteiger partial charge >= 0.3 is 0 Å². The molecule has 1 saturated heterocycles. The molecule has 20 heavy (non-hydrogen) atoms. The van der Waals surface area contributed by atoms with Crippen molar-refractivity contribution >= 4 is 5.78 Å². The summed E-state index contributed by atoms with van der Waals surface area (Å²) in [7, 11) is 1.49. The number of nitrogens with zero attached hydrogens (tertiary/aromatic N) is 1. The number of ether oxygens (including phenoxy) is 1. The number of rotatable bonds is 6. The maximum Gasteiger partial charge on any atom is 0.180 e. The second-order valence-corrected chi connectivity index (χ2v) is 5.30. The Kier molecular flexibility index (Phi) is 5.01. The summed E-state index contributed by atoms with van der Waals surface area (Å²) in [5.74, 6) is 0.553. The number of benzene rings is 1. The Bertz CT molecular complexity index is 467. The molecule has 1 fully saturated rings. The molecule has 0 spiro atoms. The van der Waals surface area contributed by atoms with Crippen molar-refractivity contribution in [3.05, 3.63) is 23.8 Å². The topological polar surface area (TPSA) is 49.8 Å². The zero-order valence-electron chi connectivity index (χ0n) is 12.3. The van der Waals surface area contributed by atoms with E-state index in [-0.39, 0.29) is 17.6 Å². The predicted molar refractivity (Wildman–Crippen MR) is 78.5 cm³/mol. The molecule has 110 valence electrons. The minimum atomic E-state index is -0.0447. The number of aromatic hydroxyl groups is 1. The van der Waals surface area contributed by atoms with Crippen LogP contribution in [0, 0.1) is 0 Å². The van der Waals surface area contributed by atoms with Crippen LogP contribution in [0.5, 0.6) is 11.5 Å². The van der Waals surface area contributed by atoms with Crippen molar-refractivity contribution in [1.29, 1.82) is 0 Å². The molecule has 0 aromatic heterocycles. The zero-order valence-corrected chi connectivity index (χ0v) is 12.3. The van der Waals surface area contributed by atoms with Crippen LogP contribution >= 0.6 is 0 Å². The Balaban J connectivity index is 2.22. The molecule has 0 saturated carbocycles. The Morgan fingerprint density at radius 3 is 2.70 bits per heavy atom. The van der Waals surface area contributed by atoms with Gasteiger partial charge in [-0.05, 0) is 50.6 Å². The first kappa shape index (κ1) is 14.9. The second kappa shape index (κ2) is 6.75. The van der Waals surface area contributed by atoms with Gasteiger partial charge in [-0.25, -0.2) is 0 Å². The molecule has 1 aliphatic heterocycles. The van der Waals surface area contributed by atoms with Crippen LogP contribution in [0.3, 0.4) is 0 Å². The second-order valence-electron chi connectivity index (χ2n) is 5.30. The van der Waals surface area contributed by atoms with E-state index >= 15 is 0 Å². The van der Waals surface area contributed by atoms with E-state index in [1.54, 1.807) is 12.1 Å². The highest BCUT2D eigenvalue weighted by Crippen LogP contribution is 2.28. The van der Waals surface area contributed by atoms with Crippen molar-refractivity contribution in [2.75, 3.05) is 20.2 Å². The average molecular weight is 277 g/mol. The smallest absolute Gasteiger partial charge is 0.180 e. The van der Waals surface area contributed by atoms with Crippen LogP contribution in [-0.4, -0.2) is 42.0 Å². The highest BCUT2D eigenvalue weighted by Gasteiger charge is 2.28. The number of hydrogen-bond donors (Lipinski definition) is 1. The number of likely N-dealkylation sites (tertiary alicyclic amines) is 1. The van der Waals surface area contributed by atoms with Crippen LogP contribution in [-0.2, 0) is 0 Å². The van der Waals surface area contributed by atoms with Crippen molar-refractivity contribution in [3.8, 4) is 11.5 Å². The van der Waals surface area contributed by atoms with Crippen LogP contribution in [0.4, 0.5) is 0 Å². The lowest BCUT2D eigenvalue weighted by Crippen LogP contribution is -2.39. The third kappa shape index (κ3) is 3.12. The maximum absolute atomic E-state index is 12.7. The Labute approximate surface area is 120 Å². The van der Waals surface area contributed by atoms with Crippen LogP contribution < -0.4 is 4.74 Å². The average Bonchev–Trinajstić information content (AvgIpc) is 2.98. The number of phenolic OH excluding ortho intramolecular Hbond substituents is 1. The normalized spacial score (nSPS) is 17.1. The van der Waals surface area contributed by atoms with Crippen molar-refractivity contribution in [2.45, 2.75) is 38.6 Å². The summed E-state index contributed by atoms with van der Waals surface area (Å²) in [6.45, 7) is 4.12. The molecule has 4 heteroatoms. The Hall–Kier alpha value is -1.55. The largest absolute Gasteiger partial charge is 0.504 e. The van der Waals surface area contributed by atoms with Gasteiger partial charge in [-0.15, -0.1) is 0 Å². The number of ketones is 1. The predicted octanol–water partition coefficient (Wildman–Crippen LogP) is 2.85. The Morgan fingerprint density at radius 1 is 1.40 bits per heavy atom. The van der Waals surface area contributed by atoms with Crippen LogP contribution in [0.25, 0.3) is 0 Å². The lowest BCUT2D eigenvalue weighted by atomic mass is 9.99. The number of phenols is 1. The summed E-state index contributed by atoms with van der Waals surface area (Å²) in [4.78, 5) is 15.0. The molecule has 1 aliphatic rings. The summed E-state index contributed by atoms with van der Waals surface area (Å²) in [5.41, 5.74) is 0.616. The summed E-state index contributed by atoms with van der Waals surface area (Å²) in [5, 5.41) is 9.62. The van der Waals surface area contributed by atoms with E-state index in [1.165, 1.54) is 26.0 Å². The van der Waals surface area contributed by atoms with E-state index in [4.69, 9.17) is 4.74 Å². The highest BCUT2D eigenvalue weighted by atomic mass is 16.5. The SMILES string of the molecule is CCC[C@H](C(=O)c1ccc(O)c(OC)c1)N1CCCC1. The molecule has 0 aliphatic carbocycles. The molecule has 4 nitrogen and oxygen atoms in total. The van der Waals surface area contributed by atoms with Crippen molar-refractivity contribution in [1.82, 2.24) is 4.90 Å². The number of methoxy groups -OCH3 is 1. The first-order valence-electron chi connectivity index (χ1n) is 7.32. The fourth-order valence-corrected chi connectivity index (χ4v) is 2.83. The molecule has 0 bridgehead atoms. The monoisotopic (exact) mass is 277 g/mol. The Morgan fingerprint density at radius 2 is 2.10 bits per heavy atom. The number of Topliss-reactive ketones (excluding diaryl/α,β-unsaturated/α-hetero) is 1. The molecular weight excluding hydrogens is 254 g/mol. The van der Waals surface area contributed by atoms with E-state index in [1.807, 2.05) is 0 Å². The van der Waals surface area contributed by atoms with E-state index in [0.717, 1.165) is 25.9 Å². The lowest BCUT2D eigenvalue weighted by Gasteiger charge is -2.26. The van der Waals surface area contributed by atoms with E-state index in [9.17, 15) is 9.90 Å². The van der Waals surface area contributed by atoms with E-state index in [2.05, 4.69) is 11.8 Å². The van der Waals surface area contributed by atoms with Crippen LogP contribution in [0.1, 0.15) is 43.0 Å². The van der Waals surface area contributed by atoms with Gasteiger partial charge in [0.2, 0.25) is 0 Å². The van der Waals surface area contributed by atoms with Crippen molar-refractivity contribution in [3.63, 3.8) is 0 Å². The molecular formula is C16H23NO3. The first-order valence-corrected chi connectivity index (χ1v) is 7.32. The molecule has 1 aromatic rings. The summed E-state index contributed by atoms with van der Waals surface area (Å²) < 4.78 is 5.09. The van der Waals surface area contributed by atoms with Gasteiger partial charge in [0.05, 0.1) is 13.2 Å². The summed E-state index contributed by atoms with van der Waals surface area (Å²) in [6.07, 6.45) is 4.21. The van der Waals surface area contributed by atoms with Gasteiger partial charge < -0.3 is 9.84 Å². The van der Waals surface area contributed by atoms with Gasteiger partial charge in [0.1, 0.15) is 0 Å². The van der Waals surface area contributed by atoms with Crippen LogP contribution in [0.2, 0.25) is 0 Å². The van der Waals surface area contributed by atoms with Gasteiger partial charge in [-0.1, -0.05) is 13.3 Å². The van der Waals surface area contributed by atoms with Gasteiger partial charge in [0.25, 0.3) is 0 Å². The molecule has 2 rings (SSSR count). The first-order chi connectivity index (χ1) is 9.67. The standard InChI is InChI=1S/C16H23NO3/c1-3-6-13(17-9-4-5-10-17)16(19)12-7-8-14(18)15(11-12)20-2/h7-8,11,13,18H,3-6,9-10H2,1-2H3/t13-/m1/s1. The third-order valence-electron chi connectivity index (χ3n) is 3.91. The molecule has 1 heterocycles. The number of carbonyl (C=O) groups is 1. The zero-order chi connectivity index (χ0) is 14.5. The lowest BCUT2D eigenvalue weighted by molar-refractivity contribution is 0.0837. The third-order valence-corrected chi connectivity index (χ3v) is 3.91. The molecule has 0 unspecified atom stereocenters. The quantitative estimate of drug-likeness (QED) is 0.812. The number of carbonyl (C=O) groups excluding carboxylic acids is 1. The van der Waals surface area contributed by atoms with Gasteiger partial charge in [-0.3, -0.25) is 9.69 Å². The molecule has 0 amide bonds. The molecule has 1 atom stereocenters. The minimum Gasteiger partial charge on any atom is -0.504 e. The van der Waals surface area contributed by atoms with Crippen LogP contribution in [0.15, 0.2) is 18.2 Å². The highest BCUT2D eigenvalue weighted by molar-refractivity contribution is 6.00. The summed E-state index contributed by atoms with van der Waals surface area (Å²) >= 11 is 0. The minimum absolute atomic E-state index is 0.0447. The fraction of sp³-hybridized carbons (Fsp3) is 0.562. The van der Waals surface area contributed by atoms with E-state index in [0.29, 0.717) is 11.3 Å². The van der Waals surface area contributed by atoms with Gasteiger partial charge in [0, 0.05) is 5.56 Å². The fourth-order valence-electron chi connectivity index (χ4n) is 2.83. The maximum atomic E-state index is 12.7. The molecule has 1 N–H and O–H groups in total. The molecule has 1 aromatic carbocycles. The van der Waals surface area contributed by atoms with Gasteiger partial charge in [-0.2, -0.15) is 0 Å². The van der Waals surface area contributed by atoms with E-state index < -0.39 is 0 Å². The van der Waals surface area contributed by atoms with Crippen molar-refractivity contribution < 1.29 is 14.6 Å². The van der Waals surface area contributed by atoms with Crippen molar-refractivity contribution in [2.24, 2.45) is 0 Å². The van der Waals surface area contributed by atoms with Gasteiger partial charge in [0.15, 0.2) is 17.3 Å². The summed E-state index contributed by atoms with van der Waals surface area (Å²) in [6, 6.07) is 4.80. The number of hydrogen-bond acceptors (Lipinski definition) is 4.